The summed E-state index contributed by atoms with van der Waals surface area (Å²) in [6.45, 7) is 5.87. The van der Waals surface area contributed by atoms with E-state index in [4.69, 9.17) is 0 Å². The zero-order valence-electron chi connectivity index (χ0n) is 22.0. The highest BCUT2D eigenvalue weighted by Crippen LogP contribution is 2.40. The first-order valence-corrected chi connectivity index (χ1v) is 12.5. The maximum atomic E-state index is 12.4. The lowest BCUT2D eigenvalue weighted by atomic mass is 9.86. The van der Waals surface area contributed by atoms with Gasteiger partial charge >= 0.3 is 0 Å². The van der Waals surface area contributed by atoms with Crippen LogP contribution >= 0.6 is 0 Å². The van der Waals surface area contributed by atoms with Crippen molar-refractivity contribution >= 4 is 51.3 Å². The van der Waals surface area contributed by atoms with Gasteiger partial charge in [-0.15, -0.1) is 0 Å². The summed E-state index contributed by atoms with van der Waals surface area (Å²) in [5.41, 5.74) is 6.20. The summed E-state index contributed by atoms with van der Waals surface area (Å²) in [6.07, 6.45) is 4.80. The topological polar surface area (TPSA) is 130 Å². The van der Waals surface area contributed by atoms with E-state index >= 15 is 0 Å². The molecule has 1 aliphatic rings. The van der Waals surface area contributed by atoms with Crippen molar-refractivity contribution in [3.8, 4) is 11.3 Å². The van der Waals surface area contributed by atoms with Crippen LogP contribution in [0.1, 0.15) is 25.0 Å². The number of amides is 1. The number of benzene rings is 2. The summed E-state index contributed by atoms with van der Waals surface area (Å²) < 4.78 is 0. The van der Waals surface area contributed by atoms with Gasteiger partial charge in [-0.25, -0.2) is 24.9 Å². The molecular weight excluding hydrogens is 490 g/mol. The number of anilines is 6. The third kappa shape index (κ3) is 4.25. The predicted octanol–water partition coefficient (Wildman–Crippen LogP) is 5.55. The summed E-state index contributed by atoms with van der Waals surface area (Å²) in [4.78, 5) is 34.8. The lowest BCUT2D eigenvalue weighted by molar-refractivity contribution is -0.119. The van der Waals surface area contributed by atoms with Crippen molar-refractivity contribution < 1.29 is 4.79 Å². The number of hydrogen-bond acceptors (Lipinski definition) is 9. The van der Waals surface area contributed by atoms with Crippen LogP contribution in [0.25, 0.3) is 22.2 Å². The van der Waals surface area contributed by atoms with Crippen molar-refractivity contribution in [1.82, 2.24) is 24.9 Å². The SMILES string of the molecule is CNc1cc(-c2cccnc2Nc2c(C)ccc3c(Nc4ccc5c(c4)NC(=O)C5(C)C)ncnc23)ncn1. The number of rotatable bonds is 6. The second-order valence-corrected chi connectivity index (χ2v) is 9.90. The van der Waals surface area contributed by atoms with Crippen LogP contribution < -0.4 is 21.3 Å². The number of nitrogens with zero attached hydrogens (tertiary/aromatic N) is 5. The van der Waals surface area contributed by atoms with Crippen LogP contribution in [0.5, 0.6) is 0 Å². The van der Waals surface area contributed by atoms with Crippen molar-refractivity contribution in [2.75, 3.05) is 28.3 Å². The van der Waals surface area contributed by atoms with E-state index in [1.807, 2.05) is 76.3 Å². The normalized spacial score (nSPS) is 13.6. The molecule has 4 heterocycles. The Bertz CT molecular complexity index is 1750. The molecule has 0 unspecified atom stereocenters. The Kier molecular flexibility index (Phi) is 5.79. The summed E-state index contributed by atoms with van der Waals surface area (Å²) in [6, 6.07) is 15.6. The molecule has 10 heteroatoms. The number of fused-ring (bicyclic) bond motifs is 2. The Morgan fingerprint density at radius 2 is 1.72 bits per heavy atom. The van der Waals surface area contributed by atoms with Gasteiger partial charge in [0.15, 0.2) is 0 Å². The number of pyridine rings is 1. The van der Waals surface area contributed by atoms with Crippen LogP contribution in [0.3, 0.4) is 0 Å². The van der Waals surface area contributed by atoms with Crippen molar-refractivity contribution in [3.63, 3.8) is 0 Å². The molecule has 0 saturated carbocycles. The molecule has 5 aromatic rings. The number of carbonyl (C=O) groups excluding carboxylic acids is 1. The van der Waals surface area contributed by atoms with Gasteiger partial charge in [-0.05, 0) is 62.2 Å². The number of nitrogens with one attached hydrogen (secondary N) is 4. The molecule has 2 aromatic carbocycles. The van der Waals surface area contributed by atoms with Gasteiger partial charge in [-0.1, -0.05) is 12.1 Å². The molecule has 0 aliphatic carbocycles. The van der Waals surface area contributed by atoms with Gasteiger partial charge in [-0.2, -0.15) is 0 Å². The van der Waals surface area contributed by atoms with Crippen LogP contribution in [0.4, 0.5) is 34.5 Å². The van der Waals surface area contributed by atoms with E-state index in [9.17, 15) is 4.79 Å². The molecule has 6 rings (SSSR count). The Hall–Kier alpha value is -5.12. The third-order valence-electron chi connectivity index (χ3n) is 7.04. The number of hydrogen-bond donors (Lipinski definition) is 4. The first-order chi connectivity index (χ1) is 18.8. The highest BCUT2D eigenvalue weighted by molar-refractivity contribution is 6.06. The van der Waals surface area contributed by atoms with E-state index in [1.54, 1.807) is 6.20 Å². The fourth-order valence-corrected chi connectivity index (χ4v) is 4.77. The van der Waals surface area contributed by atoms with Crippen LogP contribution in [0.2, 0.25) is 0 Å². The summed E-state index contributed by atoms with van der Waals surface area (Å²) >= 11 is 0. The molecule has 1 aliphatic heterocycles. The summed E-state index contributed by atoms with van der Waals surface area (Å²) in [7, 11) is 1.82. The second kappa shape index (κ2) is 9.32. The number of aromatic nitrogens is 5. The van der Waals surface area contributed by atoms with Gasteiger partial charge in [0, 0.05) is 41.6 Å². The van der Waals surface area contributed by atoms with E-state index in [0.29, 0.717) is 17.5 Å². The Morgan fingerprint density at radius 3 is 2.56 bits per heavy atom. The zero-order valence-corrected chi connectivity index (χ0v) is 22.0. The second-order valence-electron chi connectivity index (χ2n) is 9.90. The van der Waals surface area contributed by atoms with Crippen molar-refractivity contribution in [3.05, 3.63) is 78.5 Å². The molecule has 0 atom stereocenters. The lowest BCUT2D eigenvalue weighted by Gasteiger charge is -2.17. The molecule has 10 nitrogen and oxygen atoms in total. The van der Waals surface area contributed by atoms with Crippen molar-refractivity contribution in [1.29, 1.82) is 0 Å². The molecule has 0 fully saturated rings. The highest BCUT2D eigenvalue weighted by Gasteiger charge is 2.38. The average molecular weight is 518 g/mol. The van der Waals surface area contributed by atoms with Gasteiger partial charge in [0.2, 0.25) is 5.91 Å². The molecule has 0 saturated heterocycles. The fraction of sp³-hybridized carbons (Fsp3) is 0.172. The fourth-order valence-electron chi connectivity index (χ4n) is 4.77. The standard InChI is InChI=1S/C29H27N9O/c1-16-7-9-19-25(24(16)38-26-18(6-5-11-31-26)21-13-23(30-4)33-14-32-21)34-15-35-27(19)36-17-8-10-20-22(12-17)37-28(39)29(20,2)3/h5-15H,1-4H3,(H,31,38)(H,37,39)(H,30,32,33)(H,34,35,36). The van der Waals surface area contributed by atoms with E-state index < -0.39 is 5.41 Å². The van der Waals surface area contributed by atoms with E-state index in [0.717, 1.165) is 50.3 Å². The highest BCUT2D eigenvalue weighted by atomic mass is 16.2. The van der Waals surface area contributed by atoms with Crippen LogP contribution in [-0.4, -0.2) is 37.9 Å². The van der Waals surface area contributed by atoms with Crippen molar-refractivity contribution in [2.24, 2.45) is 0 Å². The Balaban J connectivity index is 1.37. The largest absolute Gasteiger partial charge is 0.373 e. The zero-order chi connectivity index (χ0) is 27.1. The predicted molar refractivity (Wildman–Crippen MR) is 154 cm³/mol. The maximum Gasteiger partial charge on any atom is 0.234 e. The van der Waals surface area contributed by atoms with E-state index in [-0.39, 0.29) is 5.91 Å². The van der Waals surface area contributed by atoms with E-state index in [2.05, 4.69) is 46.2 Å². The van der Waals surface area contributed by atoms with Crippen molar-refractivity contribution in [2.45, 2.75) is 26.2 Å². The summed E-state index contributed by atoms with van der Waals surface area (Å²) in [5, 5.41) is 13.8. The minimum Gasteiger partial charge on any atom is -0.373 e. The number of aryl methyl sites for hydroxylation is 1. The molecule has 1 amide bonds. The molecule has 4 N–H and O–H groups in total. The minimum atomic E-state index is -0.557. The van der Waals surface area contributed by atoms with Crippen LogP contribution in [0, 0.1) is 6.92 Å². The summed E-state index contributed by atoms with van der Waals surface area (Å²) in [5.74, 6) is 2.02. The molecule has 3 aromatic heterocycles. The first-order valence-electron chi connectivity index (χ1n) is 12.5. The van der Waals surface area contributed by atoms with Gasteiger partial charge in [0.1, 0.15) is 30.1 Å². The first kappa shape index (κ1) is 24.2. The molecule has 0 bridgehead atoms. The van der Waals surface area contributed by atoms with Gasteiger partial charge < -0.3 is 21.3 Å². The molecule has 0 radical (unpaired) electrons. The van der Waals surface area contributed by atoms with Gasteiger partial charge in [0.25, 0.3) is 0 Å². The van der Waals surface area contributed by atoms with Crippen LogP contribution in [0.15, 0.2) is 67.4 Å². The minimum absolute atomic E-state index is 0.00800. The molecule has 0 spiro atoms. The molecule has 194 valence electrons. The maximum absolute atomic E-state index is 12.4. The Morgan fingerprint density at radius 1 is 0.872 bits per heavy atom. The van der Waals surface area contributed by atoms with Crippen LogP contribution in [-0.2, 0) is 10.2 Å². The smallest absolute Gasteiger partial charge is 0.234 e. The monoisotopic (exact) mass is 517 g/mol. The van der Waals surface area contributed by atoms with Gasteiger partial charge in [0.05, 0.1) is 22.3 Å². The van der Waals surface area contributed by atoms with E-state index in [1.165, 1.54) is 12.7 Å². The Labute approximate surface area is 225 Å². The molecular formula is C29H27N9O. The molecule has 39 heavy (non-hydrogen) atoms. The third-order valence-corrected chi connectivity index (χ3v) is 7.04. The average Bonchev–Trinajstić information content (AvgIpc) is 3.17. The number of carbonyl (C=O) groups is 1. The quantitative estimate of drug-likeness (QED) is 0.229. The van der Waals surface area contributed by atoms with Gasteiger partial charge in [-0.3, -0.25) is 4.79 Å². The lowest BCUT2D eigenvalue weighted by Crippen LogP contribution is -2.26.